The molecule has 1 aromatic carbocycles. The standard InChI is InChI=1S/C15H17N3O/c1-12-4-3-5-13(8-12)6-7-15(19)18(2)11-14-9-16-17-10-14/h3-10H,11H2,1-2H3,(H,16,17). The average Bonchev–Trinajstić information content (AvgIpc) is 2.89. The number of aromatic amines is 1. The van der Waals surface area contributed by atoms with Crippen LogP contribution in [0.15, 0.2) is 42.7 Å². The van der Waals surface area contributed by atoms with Gasteiger partial charge in [-0.15, -0.1) is 0 Å². The molecule has 1 amide bonds. The van der Waals surface area contributed by atoms with Crippen molar-refractivity contribution in [2.24, 2.45) is 0 Å². The van der Waals surface area contributed by atoms with Crippen LogP contribution in [0.5, 0.6) is 0 Å². The maximum atomic E-state index is 11.9. The normalized spacial score (nSPS) is 10.8. The monoisotopic (exact) mass is 255 g/mol. The summed E-state index contributed by atoms with van der Waals surface area (Å²) in [6, 6.07) is 8.03. The van der Waals surface area contributed by atoms with Gasteiger partial charge in [0.2, 0.25) is 5.91 Å². The van der Waals surface area contributed by atoms with Crippen molar-refractivity contribution in [3.8, 4) is 0 Å². The van der Waals surface area contributed by atoms with E-state index in [1.54, 1.807) is 30.4 Å². The van der Waals surface area contributed by atoms with Gasteiger partial charge in [-0.05, 0) is 18.6 Å². The van der Waals surface area contributed by atoms with E-state index >= 15 is 0 Å². The van der Waals surface area contributed by atoms with E-state index in [9.17, 15) is 4.79 Å². The lowest BCUT2D eigenvalue weighted by Gasteiger charge is -2.13. The summed E-state index contributed by atoms with van der Waals surface area (Å²) in [6.45, 7) is 2.58. The Labute approximate surface area is 112 Å². The van der Waals surface area contributed by atoms with Crippen LogP contribution in [0.4, 0.5) is 0 Å². The largest absolute Gasteiger partial charge is 0.338 e. The molecule has 1 heterocycles. The molecule has 4 heteroatoms. The van der Waals surface area contributed by atoms with Gasteiger partial charge in [-0.25, -0.2) is 0 Å². The molecule has 4 nitrogen and oxygen atoms in total. The first-order chi connectivity index (χ1) is 9.15. The molecule has 0 bridgehead atoms. The van der Waals surface area contributed by atoms with Crippen LogP contribution in [0.3, 0.4) is 0 Å². The third-order valence-electron chi connectivity index (χ3n) is 2.81. The number of likely N-dealkylation sites (N-methyl/N-ethyl adjacent to an activating group) is 1. The quantitative estimate of drug-likeness (QED) is 0.853. The smallest absolute Gasteiger partial charge is 0.246 e. The maximum Gasteiger partial charge on any atom is 0.246 e. The summed E-state index contributed by atoms with van der Waals surface area (Å²) in [5.41, 5.74) is 3.20. The lowest BCUT2D eigenvalue weighted by molar-refractivity contribution is -0.125. The van der Waals surface area contributed by atoms with Crippen molar-refractivity contribution in [3.05, 3.63) is 59.4 Å². The van der Waals surface area contributed by atoms with Gasteiger partial charge in [0.1, 0.15) is 0 Å². The molecule has 2 rings (SSSR count). The summed E-state index contributed by atoms with van der Waals surface area (Å²) in [5.74, 6) is -0.0253. The molecule has 0 atom stereocenters. The van der Waals surface area contributed by atoms with Crippen LogP contribution >= 0.6 is 0 Å². The molecule has 0 unspecified atom stereocenters. The highest BCUT2D eigenvalue weighted by Crippen LogP contribution is 2.07. The molecule has 0 fully saturated rings. The average molecular weight is 255 g/mol. The number of aromatic nitrogens is 2. The lowest BCUT2D eigenvalue weighted by atomic mass is 10.1. The second-order valence-corrected chi connectivity index (χ2v) is 4.55. The zero-order chi connectivity index (χ0) is 13.7. The zero-order valence-electron chi connectivity index (χ0n) is 11.1. The van der Waals surface area contributed by atoms with E-state index in [2.05, 4.69) is 10.2 Å². The van der Waals surface area contributed by atoms with E-state index in [4.69, 9.17) is 0 Å². The molecule has 1 N–H and O–H groups in total. The predicted octanol–water partition coefficient (Wildman–Crippen LogP) is 2.39. The fourth-order valence-electron chi connectivity index (χ4n) is 1.78. The molecule has 98 valence electrons. The number of nitrogens with zero attached hydrogens (tertiary/aromatic N) is 2. The van der Waals surface area contributed by atoms with Crippen LogP contribution in [0, 0.1) is 6.92 Å². The number of hydrogen-bond acceptors (Lipinski definition) is 2. The van der Waals surface area contributed by atoms with Gasteiger partial charge in [-0.2, -0.15) is 5.10 Å². The summed E-state index contributed by atoms with van der Waals surface area (Å²) in [6.07, 6.45) is 6.93. The van der Waals surface area contributed by atoms with Crippen LogP contribution in [0.2, 0.25) is 0 Å². The van der Waals surface area contributed by atoms with Crippen LogP contribution < -0.4 is 0 Å². The molecular formula is C15H17N3O. The van der Waals surface area contributed by atoms with Gasteiger partial charge in [0.05, 0.1) is 6.20 Å². The molecule has 2 aromatic rings. The number of rotatable bonds is 4. The molecule has 0 aliphatic carbocycles. The van der Waals surface area contributed by atoms with E-state index in [1.807, 2.05) is 37.3 Å². The number of amides is 1. The van der Waals surface area contributed by atoms with Gasteiger partial charge in [0, 0.05) is 31.4 Å². The molecule has 0 aliphatic heterocycles. The Bertz CT molecular complexity index is 573. The van der Waals surface area contributed by atoms with Crippen molar-refractivity contribution in [2.45, 2.75) is 13.5 Å². The number of nitrogens with one attached hydrogen (secondary N) is 1. The van der Waals surface area contributed by atoms with Crippen LogP contribution in [0.1, 0.15) is 16.7 Å². The summed E-state index contributed by atoms with van der Waals surface area (Å²) in [5, 5.41) is 6.59. The Kier molecular flexibility index (Phi) is 4.13. The summed E-state index contributed by atoms with van der Waals surface area (Å²) in [4.78, 5) is 13.6. The van der Waals surface area contributed by atoms with Crippen molar-refractivity contribution < 1.29 is 4.79 Å². The number of carbonyl (C=O) groups excluding carboxylic acids is 1. The zero-order valence-corrected chi connectivity index (χ0v) is 11.1. The molecule has 0 saturated heterocycles. The Morgan fingerprint density at radius 2 is 2.32 bits per heavy atom. The van der Waals surface area contributed by atoms with Crippen molar-refractivity contribution in [1.29, 1.82) is 0 Å². The Hall–Kier alpha value is -2.36. The third kappa shape index (κ3) is 3.81. The van der Waals surface area contributed by atoms with Crippen LogP contribution in [-0.4, -0.2) is 28.1 Å². The Morgan fingerprint density at radius 1 is 1.47 bits per heavy atom. The minimum Gasteiger partial charge on any atom is -0.338 e. The Balaban J connectivity index is 1.96. The lowest BCUT2D eigenvalue weighted by Crippen LogP contribution is -2.23. The highest BCUT2D eigenvalue weighted by atomic mass is 16.2. The van der Waals surface area contributed by atoms with E-state index in [0.29, 0.717) is 6.54 Å². The molecule has 1 aromatic heterocycles. The summed E-state index contributed by atoms with van der Waals surface area (Å²) < 4.78 is 0. The van der Waals surface area contributed by atoms with E-state index in [1.165, 1.54) is 5.56 Å². The topological polar surface area (TPSA) is 49.0 Å². The van der Waals surface area contributed by atoms with Gasteiger partial charge >= 0.3 is 0 Å². The molecule has 0 saturated carbocycles. The third-order valence-corrected chi connectivity index (χ3v) is 2.81. The SMILES string of the molecule is Cc1cccc(C=CC(=O)N(C)Cc2cn[nH]c2)c1. The molecular weight excluding hydrogens is 238 g/mol. The molecule has 0 radical (unpaired) electrons. The van der Waals surface area contributed by atoms with Gasteiger partial charge in [-0.1, -0.05) is 29.8 Å². The van der Waals surface area contributed by atoms with Gasteiger partial charge < -0.3 is 4.90 Å². The second-order valence-electron chi connectivity index (χ2n) is 4.55. The number of carbonyl (C=O) groups is 1. The number of hydrogen-bond donors (Lipinski definition) is 1. The van der Waals surface area contributed by atoms with Gasteiger partial charge in [-0.3, -0.25) is 9.89 Å². The van der Waals surface area contributed by atoms with Crippen molar-refractivity contribution in [1.82, 2.24) is 15.1 Å². The highest BCUT2D eigenvalue weighted by molar-refractivity contribution is 5.91. The first-order valence-corrected chi connectivity index (χ1v) is 6.12. The number of H-pyrrole nitrogens is 1. The fourth-order valence-corrected chi connectivity index (χ4v) is 1.78. The first kappa shape index (κ1) is 13.1. The van der Waals surface area contributed by atoms with Crippen molar-refractivity contribution in [2.75, 3.05) is 7.05 Å². The van der Waals surface area contributed by atoms with Crippen molar-refractivity contribution >= 4 is 12.0 Å². The fraction of sp³-hybridized carbons (Fsp3) is 0.200. The number of benzene rings is 1. The molecule has 0 aliphatic rings. The second kappa shape index (κ2) is 6.00. The first-order valence-electron chi connectivity index (χ1n) is 6.12. The summed E-state index contributed by atoms with van der Waals surface area (Å²) >= 11 is 0. The number of aryl methyl sites for hydroxylation is 1. The Morgan fingerprint density at radius 3 is 3.00 bits per heavy atom. The minimum atomic E-state index is -0.0253. The van der Waals surface area contributed by atoms with Gasteiger partial charge in [0.25, 0.3) is 0 Å². The van der Waals surface area contributed by atoms with Gasteiger partial charge in [0.15, 0.2) is 0 Å². The maximum absolute atomic E-state index is 11.9. The predicted molar refractivity (Wildman–Crippen MR) is 75.3 cm³/mol. The van der Waals surface area contributed by atoms with Crippen LogP contribution in [-0.2, 0) is 11.3 Å². The highest BCUT2D eigenvalue weighted by Gasteiger charge is 2.06. The van der Waals surface area contributed by atoms with Crippen molar-refractivity contribution in [3.63, 3.8) is 0 Å². The minimum absolute atomic E-state index is 0.0253. The van der Waals surface area contributed by atoms with E-state index < -0.39 is 0 Å². The van der Waals surface area contributed by atoms with E-state index in [-0.39, 0.29) is 5.91 Å². The summed E-state index contributed by atoms with van der Waals surface area (Å²) in [7, 11) is 1.77. The molecule has 19 heavy (non-hydrogen) atoms. The van der Waals surface area contributed by atoms with E-state index in [0.717, 1.165) is 11.1 Å². The van der Waals surface area contributed by atoms with Crippen LogP contribution in [0.25, 0.3) is 6.08 Å². The molecule has 0 spiro atoms.